The Bertz CT molecular complexity index is 5260. The average molecular weight is 1710 g/mol. The minimum Gasteiger partial charge on any atom is -0.425 e. The number of esters is 2. The van der Waals surface area contributed by atoms with Gasteiger partial charge in [0.05, 0.1) is 0 Å². The number of rotatable bonds is 6. The van der Waals surface area contributed by atoms with Crippen molar-refractivity contribution in [2.24, 2.45) is 0 Å². The van der Waals surface area contributed by atoms with Gasteiger partial charge in [-0.1, -0.05) is 381 Å². The first kappa shape index (κ1) is 96.0. The Balaban J connectivity index is 0.000000240. The summed E-state index contributed by atoms with van der Waals surface area (Å²) in [5.41, 5.74) is 23.7. The van der Waals surface area contributed by atoms with Crippen LogP contribution in [0.1, 0.15) is 441 Å². The lowest BCUT2D eigenvalue weighted by molar-refractivity contribution is -0.134. The highest BCUT2D eigenvalue weighted by atomic mass is 31.2. The number of benzene rings is 8. The predicted molar refractivity (Wildman–Crippen MR) is 516 cm³/mol. The summed E-state index contributed by atoms with van der Waals surface area (Å²) in [6, 6.07) is 36.1. The summed E-state index contributed by atoms with van der Waals surface area (Å²) in [4.78, 5) is 28.1. The first-order valence-electron chi connectivity index (χ1n) is 45.1. The van der Waals surface area contributed by atoms with Crippen molar-refractivity contribution < 1.29 is 46.2 Å². The van der Waals surface area contributed by atoms with Crippen LogP contribution in [0.25, 0.3) is 0 Å². The second-order valence-corrected chi connectivity index (χ2v) is 51.7. The Morgan fingerprint density at radius 3 is 0.650 bits per heavy atom. The molecule has 4 heterocycles. The molecule has 0 fully saturated rings. The maximum atomic E-state index is 14.2. The van der Waals surface area contributed by atoms with E-state index < -0.39 is 29.0 Å². The van der Waals surface area contributed by atoms with E-state index in [4.69, 9.17) is 36.6 Å². The molecule has 2 atom stereocenters. The third-order valence-electron chi connectivity index (χ3n) is 25.4. The third-order valence-corrected chi connectivity index (χ3v) is 27.4. The lowest BCUT2D eigenvalue weighted by Crippen LogP contribution is -2.24. The minimum atomic E-state index is -2.06. The molecule has 10 nitrogen and oxygen atoms in total. The van der Waals surface area contributed by atoms with Gasteiger partial charge < -0.3 is 36.6 Å². The third kappa shape index (κ3) is 19.8. The van der Waals surface area contributed by atoms with Gasteiger partial charge in [-0.15, -0.1) is 0 Å². The largest absolute Gasteiger partial charge is 0.530 e. The molecule has 0 aliphatic carbocycles. The van der Waals surface area contributed by atoms with E-state index in [1.807, 2.05) is 0 Å². The molecule has 0 N–H and O–H groups in total. The molecular weight excluding hydrogens is 1560 g/mol. The molecule has 8 aromatic rings. The van der Waals surface area contributed by atoms with Crippen molar-refractivity contribution in [1.29, 1.82) is 0 Å². The highest BCUT2D eigenvalue weighted by Crippen LogP contribution is 2.62. The summed E-state index contributed by atoms with van der Waals surface area (Å²) in [7, 11) is -4.08. The zero-order chi connectivity index (χ0) is 92.6. The Labute approximate surface area is 746 Å². The SMILES string of the molecule is Cc1cc(C2C(=O)Oc3c2cc(C(C)(C)C)cc3C(C)(C)C)cc(C(C)(C)C)c1OP1Oc2c(cc(C(C)(C)C)cc2C(C)(C)C)C(C)c2cc(C(C)(C)C)cc(C(C)(C)C)c2O1.Cc1cc(C2C(=O)Oc3c2cc(C(C)(C)C)cc3C(C)(C)C)cc(C)c1OP1Oc2c(cc(C(C)(C)C)cc2C(C)(C)C)C(C)c2cc(C(C)(C)C)cc(C(C)(C)C)c2O1. The molecule has 4 aliphatic heterocycles. The van der Waals surface area contributed by atoms with Crippen LogP contribution in [0.3, 0.4) is 0 Å². The molecule has 0 saturated heterocycles. The maximum absolute atomic E-state index is 14.2. The molecule has 0 radical (unpaired) electrons. The van der Waals surface area contributed by atoms with Crippen LogP contribution in [0.5, 0.6) is 46.0 Å². The Kier molecular flexibility index (Phi) is 25.0. The number of carbonyl (C=O) groups excluding carboxylic acids is 2. The van der Waals surface area contributed by atoms with E-state index >= 15 is 0 Å². The van der Waals surface area contributed by atoms with Gasteiger partial charge >= 0.3 is 29.1 Å². The minimum absolute atomic E-state index is 0.0200. The van der Waals surface area contributed by atoms with Crippen LogP contribution in [-0.4, -0.2) is 11.9 Å². The number of fused-ring (bicyclic) bond motifs is 6. The van der Waals surface area contributed by atoms with Crippen molar-refractivity contribution >= 4 is 29.1 Å². The van der Waals surface area contributed by atoms with Gasteiger partial charge in [-0.2, -0.15) is 0 Å². The van der Waals surface area contributed by atoms with Gasteiger partial charge in [0.25, 0.3) is 0 Å². The van der Waals surface area contributed by atoms with E-state index in [1.165, 1.54) is 33.4 Å². The van der Waals surface area contributed by atoms with Crippen LogP contribution in [0, 0.1) is 20.8 Å². The highest BCUT2D eigenvalue weighted by Gasteiger charge is 2.47. The standard InChI is InChI=1S/C57H79O5P.C54H73O5P/c1-32-24-34(45-40-28-37(53(9,10)11)29-42(55(15,16)17)47(40)59-50(45)58)25-41(54(12,13)14)46(32)60-63-61-48-38(26-35(51(3,4)5)30-43(48)56(18,19)20)33(2)39-27-36(52(6,7)8)31-44(49(39)62-63)57(21,22)23;1-30-22-33(43-39-26-36(51(10,11)12)27-40(52(13,14)15)45(39)56-48(43)55)23-31(2)44(30)57-60-58-46-37(24-34(49(4,5)6)28-41(46)53(16,17)18)32(3)38-25-35(50(7,8)9)29-42(47(38)59-60)54(19,20)21/h24-31,33,45H,1-23H3;22-29,32,43H,1-21H3. The van der Waals surface area contributed by atoms with Crippen molar-refractivity contribution in [2.45, 2.75) is 399 Å². The number of hydrogen-bond acceptors (Lipinski definition) is 10. The lowest BCUT2D eigenvalue weighted by atomic mass is 9.74. The van der Waals surface area contributed by atoms with E-state index in [9.17, 15) is 9.59 Å². The quantitative estimate of drug-likeness (QED) is 0.0907. The van der Waals surface area contributed by atoms with E-state index in [2.05, 4.69) is 402 Å². The van der Waals surface area contributed by atoms with Crippen molar-refractivity contribution in [3.8, 4) is 46.0 Å². The number of ether oxygens (including phenoxy) is 2. The fourth-order valence-corrected chi connectivity index (χ4v) is 19.7. The molecule has 666 valence electrons. The van der Waals surface area contributed by atoms with Crippen LogP contribution in [0.15, 0.2) is 97.1 Å². The van der Waals surface area contributed by atoms with Gasteiger partial charge in [-0.25, -0.2) is 0 Å². The van der Waals surface area contributed by atoms with Crippen LogP contribution in [0.4, 0.5) is 0 Å². The summed E-state index contributed by atoms with van der Waals surface area (Å²) in [6.45, 7) is 98.3. The average Bonchev–Trinajstić information content (AvgIpc) is 1.73. The van der Waals surface area contributed by atoms with Crippen molar-refractivity contribution in [3.63, 3.8) is 0 Å². The molecule has 0 saturated carbocycles. The number of aryl methyl sites for hydroxylation is 3. The zero-order valence-corrected chi connectivity index (χ0v) is 85.8. The fraction of sp³-hybridized carbons (Fsp3) is 0.550. The summed E-state index contributed by atoms with van der Waals surface area (Å²) in [5, 5.41) is 0. The van der Waals surface area contributed by atoms with Gasteiger partial charge in [-0.05, 0) is 152 Å². The van der Waals surface area contributed by atoms with Crippen LogP contribution < -0.4 is 36.6 Å². The molecule has 123 heavy (non-hydrogen) atoms. The molecule has 0 amide bonds. The van der Waals surface area contributed by atoms with E-state index in [-0.39, 0.29) is 94.2 Å². The summed E-state index contributed by atoms with van der Waals surface area (Å²) < 4.78 is 55.8. The Hall–Kier alpha value is -7.64. The molecule has 4 aliphatic rings. The zero-order valence-electron chi connectivity index (χ0n) is 84.0. The lowest BCUT2D eigenvalue weighted by Gasteiger charge is -2.36. The van der Waals surface area contributed by atoms with Crippen molar-refractivity contribution in [1.82, 2.24) is 0 Å². The second-order valence-electron chi connectivity index (χ2n) is 49.7. The van der Waals surface area contributed by atoms with Gasteiger partial charge in [-0.3, -0.25) is 9.59 Å². The molecule has 0 bridgehead atoms. The topological polar surface area (TPSA) is 108 Å². The van der Waals surface area contributed by atoms with Crippen LogP contribution >= 0.6 is 17.2 Å². The second kappa shape index (κ2) is 32.0. The normalized spacial score (nSPS) is 18.7. The monoisotopic (exact) mass is 1710 g/mol. The van der Waals surface area contributed by atoms with Gasteiger partial charge in [0.15, 0.2) is 0 Å². The van der Waals surface area contributed by atoms with Crippen LogP contribution in [-0.2, 0) is 80.0 Å². The summed E-state index contributed by atoms with van der Waals surface area (Å²) in [6.07, 6.45) is 0. The van der Waals surface area contributed by atoms with Crippen molar-refractivity contribution in [3.05, 3.63) is 231 Å². The van der Waals surface area contributed by atoms with E-state index in [1.54, 1.807) is 0 Å². The molecular formula is C111H152O10P2. The Morgan fingerprint density at radius 1 is 0.236 bits per heavy atom. The first-order valence-corrected chi connectivity index (χ1v) is 47.3. The fourth-order valence-electron chi connectivity index (χ4n) is 17.2. The molecule has 12 rings (SSSR count). The van der Waals surface area contributed by atoms with Crippen LogP contribution in [0.2, 0.25) is 0 Å². The van der Waals surface area contributed by atoms with Gasteiger partial charge in [0, 0.05) is 84.2 Å². The molecule has 0 aromatic heterocycles. The smallest absolute Gasteiger partial charge is 0.425 e. The summed E-state index contributed by atoms with van der Waals surface area (Å²) in [5.74, 6) is 4.46. The summed E-state index contributed by atoms with van der Waals surface area (Å²) >= 11 is 0. The number of hydrogen-bond donors (Lipinski definition) is 0. The Morgan fingerprint density at radius 2 is 0.431 bits per heavy atom. The van der Waals surface area contributed by atoms with Gasteiger partial charge in [0.1, 0.15) is 57.8 Å². The van der Waals surface area contributed by atoms with E-state index in [0.29, 0.717) is 23.0 Å². The molecule has 2 unspecified atom stereocenters. The predicted octanol–water partition coefficient (Wildman–Crippen LogP) is 31.7. The molecule has 0 spiro atoms. The molecule has 12 heteroatoms. The highest BCUT2D eigenvalue weighted by molar-refractivity contribution is 7.43. The van der Waals surface area contributed by atoms with E-state index in [0.717, 1.165) is 123 Å². The van der Waals surface area contributed by atoms with Gasteiger partial charge in [0.2, 0.25) is 0 Å². The molecule has 8 aromatic carbocycles. The van der Waals surface area contributed by atoms with Crippen molar-refractivity contribution in [2.75, 3.05) is 0 Å². The number of carbonyl (C=O) groups is 2. The maximum Gasteiger partial charge on any atom is 0.530 e. The first-order chi connectivity index (χ1) is 55.6.